The Hall–Kier alpha value is -1.07. The van der Waals surface area contributed by atoms with E-state index in [0.29, 0.717) is 0 Å². The van der Waals surface area contributed by atoms with Gasteiger partial charge in [0, 0.05) is 6.20 Å². The zero-order chi connectivity index (χ0) is 8.43. The second kappa shape index (κ2) is 4.08. The lowest BCUT2D eigenvalue weighted by atomic mass is 10.4. The van der Waals surface area contributed by atoms with Crippen molar-refractivity contribution in [3.05, 3.63) is 27.4 Å². The van der Waals surface area contributed by atoms with Crippen molar-refractivity contribution >= 4 is 35.5 Å². The summed E-state index contributed by atoms with van der Waals surface area (Å²) in [5, 5.41) is 10.2. The highest BCUT2D eigenvalue weighted by Gasteiger charge is 2.16. The van der Waals surface area contributed by atoms with Gasteiger partial charge in [-0.15, -0.1) is 12.4 Å². The predicted octanol–water partition coefficient (Wildman–Crippen LogP) is 1.65. The highest BCUT2D eigenvalue weighted by molar-refractivity contribution is 6.33. The molecule has 7 heteroatoms. The third-order valence-corrected chi connectivity index (χ3v) is 1.39. The van der Waals surface area contributed by atoms with Crippen LogP contribution in [0.5, 0.6) is 0 Å². The van der Waals surface area contributed by atoms with Crippen molar-refractivity contribution in [2.45, 2.75) is 0 Å². The first-order valence-electron chi connectivity index (χ1n) is 2.67. The molecule has 12 heavy (non-hydrogen) atoms. The molecular formula is C5H5Cl2N3O2. The van der Waals surface area contributed by atoms with E-state index in [2.05, 4.69) is 4.98 Å². The van der Waals surface area contributed by atoms with Crippen LogP contribution >= 0.6 is 24.0 Å². The molecule has 1 aromatic rings. The maximum Gasteiger partial charge on any atom is 0.329 e. The number of nitrogens with zero attached hydrogens (tertiary/aromatic N) is 2. The molecule has 1 rings (SSSR count). The molecule has 0 unspecified atom stereocenters. The van der Waals surface area contributed by atoms with Gasteiger partial charge in [-0.25, -0.2) is 4.98 Å². The van der Waals surface area contributed by atoms with Crippen LogP contribution < -0.4 is 5.73 Å². The van der Waals surface area contributed by atoms with Gasteiger partial charge in [0.2, 0.25) is 5.82 Å². The normalized spacial score (nSPS) is 8.75. The average Bonchev–Trinajstić information content (AvgIpc) is 1.85. The summed E-state index contributed by atoms with van der Waals surface area (Å²) in [6.07, 6.45) is 1.31. The number of rotatable bonds is 1. The Balaban J connectivity index is 0.00000121. The average molecular weight is 210 g/mol. The van der Waals surface area contributed by atoms with E-state index in [9.17, 15) is 10.1 Å². The van der Waals surface area contributed by atoms with Crippen molar-refractivity contribution in [1.82, 2.24) is 4.98 Å². The Labute approximate surface area is 79.1 Å². The molecule has 0 aliphatic carbocycles. The van der Waals surface area contributed by atoms with Crippen molar-refractivity contribution in [2.24, 2.45) is 0 Å². The molecule has 0 amide bonds. The lowest BCUT2D eigenvalue weighted by Gasteiger charge is -1.95. The largest absolute Gasteiger partial charge is 0.378 e. The van der Waals surface area contributed by atoms with Crippen LogP contribution in [0.1, 0.15) is 0 Å². The van der Waals surface area contributed by atoms with E-state index in [-0.39, 0.29) is 28.9 Å². The number of nitro groups is 1. The molecule has 0 bridgehead atoms. The van der Waals surface area contributed by atoms with E-state index in [4.69, 9.17) is 17.3 Å². The molecule has 0 aliphatic rings. The number of nitrogens with two attached hydrogens (primary N) is 1. The summed E-state index contributed by atoms with van der Waals surface area (Å²) in [5.41, 5.74) is 4.85. The van der Waals surface area contributed by atoms with E-state index < -0.39 is 4.92 Å². The van der Waals surface area contributed by atoms with Crippen LogP contribution in [0.2, 0.25) is 5.02 Å². The van der Waals surface area contributed by atoms with Gasteiger partial charge in [-0.05, 0) is 6.07 Å². The second-order valence-corrected chi connectivity index (χ2v) is 2.19. The molecule has 0 saturated heterocycles. The van der Waals surface area contributed by atoms with Gasteiger partial charge in [0.15, 0.2) is 0 Å². The molecule has 0 fully saturated rings. The monoisotopic (exact) mass is 209 g/mol. The van der Waals surface area contributed by atoms with Crippen molar-refractivity contribution in [1.29, 1.82) is 0 Å². The van der Waals surface area contributed by atoms with Gasteiger partial charge in [-0.1, -0.05) is 11.6 Å². The minimum absolute atomic E-state index is 0. The Morgan fingerprint density at radius 3 is 2.58 bits per heavy atom. The summed E-state index contributed by atoms with van der Waals surface area (Å²) in [6.45, 7) is 0. The van der Waals surface area contributed by atoms with Crippen LogP contribution in [0.4, 0.5) is 11.5 Å². The summed E-state index contributed by atoms with van der Waals surface area (Å²) < 4.78 is 0. The van der Waals surface area contributed by atoms with Gasteiger partial charge in [-0.3, -0.25) is 10.1 Å². The summed E-state index contributed by atoms with van der Waals surface area (Å²) in [6, 6.07) is 1.32. The fourth-order valence-electron chi connectivity index (χ4n) is 0.626. The molecule has 1 aromatic heterocycles. The molecule has 66 valence electrons. The van der Waals surface area contributed by atoms with Gasteiger partial charge in [-0.2, -0.15) is 0 Å². The standard InChI is InChI=1S/C5H4ClN3O2.ClH/c6-3-1-2-8-5(7)4(3)9(10)11;/h1-2H,(H2,7,8);1H. The van der Waals surface area contributed by atoms with Gasteiger partial charge < -0.3 is 5.73 Å². The molecule has 0 aromatic carbocycles. The van der Waals surface area contributed by atoms with Crippen molar-refractivity contribution in [3.63, 3.8) is 0 Å². The van der Waals surface area contributed by atoms with E-state index in [1.54, 1.807) is 0 Å². The van der Waals surface area contributed by atoms with E-state index in [0.717, 1.165) is 0 Å². The lowest BCUT2D eigenvalue weighted by Crippen LogP contribution is -1.98. The molecular weight excluding hydrogens is 205 g/mol. The molecule has 2 N–H and O–H groups in total. The quantitative estimate of drug-likeness (QED) is 0.564. The number of pyridine rings is 1. The van der Waals surface area contributed by atoms with Gasteiger partial charge >= 0.3 is 5.69 Å². The van der Waals surface area contributed by atoms with Gasteiger partial charge in [0.05, 0.1) is 4.92 Å². The Morgan fingerprint density at radius 2 is 2.25 bits per heavy atom. The third-order valence-electron chi connectivity index (χ3n) is 1.09. The minimum Gasteiger partial charge on any atom is -0.378 e. The fourth-order valence-corrected chi connectivity index (χ4v) is 0.848. The SMILES string of the molecule is Cl.Nc1nccc(Cl)c1[N+](=O)[O-]. The number of aromatic nitrogens is 1. The van der Waals surface area contributed by atoms with Crippen LogP contribution in [0.25, 0.3) is 0 Å². The zero-order valence-corrected chi connectivity index (χ0v) is 7.30. The first-order valence-corrected chi connectivity index (χ1v) is 3.05. The highest BCUT2D eigenvalue weighted by Crippen LogP contribution is 2.27. The van der Waals surface area contributed by atoms with E-state index >= 15 is 0 Å². The van der Waals surface area contributed by atoms with Crippen LogP contribution in [0, 0.1) is 10.1 Å². The fraction of sp³-hybridized carbons (Fsp3) is 0. The Morgan fingerprint density at radius 1 is 1.67 bits per heavy atom. The predicted molar refractivity (Wildman–Crippen MR) is 47.6 cm³/mol. The third kappa shape index (κ3) is 1.96. The van der Waals surface area contributed by atoms with Crippen LogP contribution in [-0.4, -0.2) is 9.91 Å². The molecule has 1 heterocycles. The van der Waals surface area contributed by atoms with Gasteiger partial charge in [0.1, 0.15) is 5.02 Å². The van der Waals surface area contributed by atoms with Crippen molar-refractivity contribution in [3.8, 4) is 0 Å². The summed E-state index contributed by atoms with van der Waals surface area (Å²) in [5.74, 6) is -0.164. The molecule has 0 radical (unpaired) electrons. The number of nitrogen functional groups attached to an aromatic ring is 1. The Bertz CT molecular complexity index is 284. The topological polar surface area (TPSA) is 82.0 Å². The number of halogens is 2. The van der Waals surface area contributed by atoms with E-state index in [1.807, 2.05) is 0 Å². The molecule has 5 nitrogen and oxygen atoms in total. The van der Waals surface area contributed by atoms with Crippen molar-refractivity contribution in [2.75, 3.05) is 5.73 Å². The molecule has 0 atom stereocenters. The first kappa shape index (κ1) is 10.9. The maximum atomic E-state index is 10.2. The van der Waals surface area contributed by atoms with E-state index in [1.165, 1.54) is 12.3 Å². The maximum absolute atomic E-state index is 10.2. The summed E-state index contributed by atoms with van der Waals surface area (Å²) >= 11 is 5.46. The molecule has 0 spiro atoms. The lowest BCUT2D eigenvalue weighted by molar-refractivity contribution is -0.384. The highest BCUT2D eigenvalue weighted by atomic mass is 35.5. The number of hydrogen-bond acceptors (Lipinski definition) is 4. The van der Waals surface area contributed by atoms with Gasteiger partial charge in [0.25, 0.3) is 0 Å². The zero-order valence-electron chi connectivity index (χ0n) is 5.73. The summed E-state index contributed by atoms with van der Waals surface area (Å²) in [4.78, 5) is 13.1. The van der Waals surface area contributed by atoms with Crippen LogP contribution in [0.15, 0.2) is 12.3 Å². The van der Waals surface area contributed by atoms with Crippen LogP contribution in [0.3, 0.4) is 0 Å². The van der Waals surface area contributed by atoms with Crippen LogP contribution in [-0.2, 0) is 0 Å². The first-order chi connectivity index (χ1) is 5.13. The molecule has 0 aliphatic heterocycles. The van der Waals surface area contributed by atoms with Crippen molar-refractivity contribution < 1.29 is 4.92 Å². The minimum atomic E-state index is -0.662. The second-order valence-electron chi connectivity index (χ2n) is 1.78. The summed E-state index contributed by atoms with van der Waals surface area (Å²) in [7, 11) is 0. The molecule has 0 saturated carbocycles. The Kier molecular flexibility index (Phi) is 3.72. The number of hydrogen-bond donors (Lipinski definition) is 1. The number of anilines is 1. The smallest absolute Gasteiger partial charge is 0.329 e.